The molecule has 0 unspecified atom stereocenters. The third-order valence-corrected chi connectivity index (χ3v) is 4.18. The first-order valence-electron chi connectivity index (χ1n) is 7.51. The topological polar surface area (TPSA) is 15.3 Å². The van der Waals surface area contributed by atoms with Crippen molar-refractivity contribution >= 4 is 11.6 Å². The number of nitrogens with zero attached hydrogens (tertiary/aromatic N) is 1. The van der Waals surface area contributed by atoms with E-state index in [0.717, 1.165) is 31.2 Å². The van der Waals surface area contributed by atoms with Crippen LogP contribution in [0, 0.1) is 0 Å². The lowest BCUT2D eigenvalue weighted by atomic mass is 9.98. The molecule has 0 saturated carbocycles. The van der Waals surface area contributed by atoms with E-state index >= 15 is 0 Å². The van der Waals surface area contributed by atoms with Crippen molar-refractivity contribution in [1.29, 1.82) is 0 Å². The van der Waals surface area contributed by atoms with E-state index in [9.17, 15) is 0 Å². The molecule has 0 bridgehead atoms. The van der Waals surface area contributed by atoms with Crippen LogP contribution < -0.4 is 5.32 Å². The number of rotatable bonds is 6. The Hall–Kier alpha value is -0.570. The Morgan fingerprint density at radius 3 is 2.47 bits per heavy atom. The standard InChI is InChI=1S/C16H25ClN2/c1-2-3-4-5-16(19-12-10-18-11-13-19)14-6-8-15(17)9-7-14/h6-9,16,18H,2-5,10-13H2,1H3/t16-/m0/s1. The number of benzene rings is 1. The number of piperazine rings is 1. The molecule has 1 atom stereocenters. The molecule has 1 aliphatic heterocycles. The number of hydrogen-bond donors (Lipinski definition) is 1. The van der Waals surface area contributed by atoms with Crippen LogP contribution in [0.5, 0.6) is 0 Å². The number of nitrogens with one attached hydrogen (secondary N) is 1. The summed E-state index contributed by atoms with van der Waals surface area (Å²) in [4.78, 5) is 2.62. The first-order valence-corrected chi connectivity index (χ1v) is 7.89. The fraction of sp³-hybridized carbons (Fsp3) is 0.625. The van der Waals surface area contributed by atoms with E-state index in [1.165, 1.54) is 31.2 Å². The van der Waals surface area contributed by atoms with Crippen LogP contribution in [0.2, 0.25) is 5.02 Å². The van der Waals surface area contributed by atoms with Gasteiger partial charge in [-0.3, -0.25) is 4.90 Å². The molecule has 1 N–H and O–H groups in total. The van der Waals surface area contributed by atoms with Gasteiger partial charge in [-0.05, 0) is 24.1 Å². The molecule has 3 heteroatoms. The average molecular weight is 281 g/mol. The van der Waals surface area contributed by atoms with Crippen molar-refractivity contribution in [3.63, 3.8) is 0 Å². The monoisotopic (exact) mass is 280 g/mol. The van der Waals surface area contributed by atoms with Gasteiger partial charge in [-0.2, -0.15) is 0 Å². The molecule has 2 rings (SSSR count). The van der Waals surface area contributed by atoms with Crippen LogP contribution >= 0.6 is 11.6 Å². The van der Waals surface area contributed by atoms with E-state index < -0.39 is 0 Å². The molecule has 1 aliphatic rings. The lowest BCUT2D eigenvalue weighted by molar-refractivity contribution is 0.163. The minimum atomic E-state index is 0.561. The van der Waals surface area contributed by atoms with Gasteiger partial charge < -0.3 is 5.32 Å². The van der Waals surface area contributed by atoms with E-state index in [2.05, 4.69) is 29.3 Å². The number of hydrogen-bond acceptors (Lipinski definition) is 2. The Balaban J connectivity index is 2.05. The molecule has 1 heterocycles. The second-order valence-corrected chi connectivity index (χ2v) is 5.79. The van der Waals surface area contributed by atoms with Gasteiger partial charge in [-0.1, -0.05) is 49.9 Å². The summed E-state index contributed by atoms with van der Waals surface area (Å²) in [7, 11) is 0. The van der Waals surface area contributed by atoms with Crippen molar-refractivity contribution in [2.24, 2.45) is 0 Å². The van der Waals surface area contributed by atoms with Crippen molar-refractivity contribution in [1.82, 2.24) is 10.2 Å². The quantitative estimate of drug-likeness (QED) is 0.796. The highest BCUT2D eigenvalue weighted by Crippen LogP contribution is 2.28. The van der Waals surface area contributed by atoms with Crippen LogP contribution in [0.25, 0.3) is 0 Å². The third kappa shape index (κ3) is 4.48. The summed E-state index contributed by atoms with van der Waals surface area (Å²) in [5.74, 6) is 0. The van der Waals surface area contributed by atoms with Gasteiger partial charge in [0.2, 0.25) is 0 Å². The smallest absolute Gasteiger partial charge is 0.0406 e. The van der Waals surface area contributed by atoms with Gasteiger partial charge in [-0.25, -0.2) is 0 Å². The minimum absolute atomic E-state index is 0.561. The van der Waals surface area contributed by atoms with Gasteiger partial charge in [0.1, 0.15) is 0 Å². The number of unbranched alkanes of at least 4 members (excludes halogenated alkanes) is 2. The summed E-state index contributed by atoms with van der Waals surface area (Å²) in [6.07, 6.45) is 5.19. The van der Waals surface area contributed by atoms with Crippen molar-refractivity contribution in [2.45, 2.75) is 38.6 Å². The maximum Gasteiger partial charge on any atom is 0.0406 e. The highest BCUT2D eigenvalue weighted by molar-refractivity contribution is 6.30. The summed E-state index contributed by atoms with van der Waals surface area (Å²) >= 11 is 6.01. The highest BCUT2D eigenvalue weighted by Gasteiger charge is 2.21. The van der Waals surface area contributed by atoms with E-state index in [1.54, 1.807) is 0 Å². The molecule has 1 fully saturated rings. The zero-order chi connectivity index (χ0) is 13.5. The predicted molar refractivity (Wildman–Crippen MR) is 82.8 cm³/mol. The van der Waals surface area contributed by atoms with Crippen LogP contribution in [0.3, 0.4) is 0 Å². The molecule has 0 aliphatic carbocycles. The van der Waals surface area contributed by atoms with Crippen LogP contribution in [0.15, 0.2) is 24.3 Å². The van der Waals surface area contributed by atoms with Crippen LogP contribution in [0.4, 0.5) is 0 Å². The normalized spacial score (nSPS) is 18.4. The lowest BCUT2D eigenvalue weighted by Crippen LogP contribution is -2.45. The summed E-state index contributed by atoms with van der Waals surface area (Å²) in [6.45, 7) is 6.79. The predicted octanol–water partition coefficient (Wildman–Crippen LogP) is 3.87. The van der Waals surface area contributed by atoms with Crippen molar-refractivity contribution in [3.05, 3.63) is 34.9 Å². The van der Waals surface area contributed by atoms with Crippen LogP contribution in [-0.2, 0) is 0 Å². The molecular formula is C16H25ClN2. The summed E-state index contributed by atoms with van der Waals surface area (Å²) < 4.78 is 0. The van der Waals surface area contributed by atoms with Crippen LogP contribution in [0.1, 0.15) is 44.2 Å². The molecule has 1 aromatic rings. The van der Waals surface area contributed by atoms with Gasteiger partial charge in [0, 0.05) is 37.2 Å². The maximum atomic E-state index is 6.01. The Bertz CT molecular complexity index is 358. The molecule has 0 spiro atoms. The van der Waals surface area contributed by atoms with E-state index in [-0.39, 0.29) is 0 Å². The second kappa shape index (κ2) is 7.88. The SMILES string of the molecule is CCCCC[C@@H](c1ccc(Cl)cc1)N1CCNCC1. The highest BCUT2D eigenvalue weighted by atomic mass is 35.5. The van der Waals surface area contributed by atoms with E-state index in [0.29, 0.717) is 6.04 Å². The van der Waals surface area contributed by atoms with Crippen molar-refractivity contribution in [3.8, 4) is 0 Å². The molecule has 0 aromatic heterocycles. The third-order valence-electron chi connectivity index (χ3n) is 3.93. The van der Waals surface area contributed by atoms with E-state index in [1.807, 2.05) is 12.1 Å². The number of halogens is 1. The maximum absolute atomic E-state index is 6.01. The molecule has 19 heavy (non-hydrogen) atoms. The minimum Gasteiger partial charge on any atom is -0.314 e. The fourth-order valence-electron chi connectivity index (χ4n) is 2.83. The summed E-state index contributed by atoms with van der Waals surface area (Å²) in [6, 6.07) is 8.99. The van der Waals surface area contributed by atoms with Crippen molar-refractivity contribution in [2.75, 3.05) is 26.2 Å². The lowest BCUT2D eigenvalue weighted by Gasteiger charge is -2.35. The van der Waals surface area contributed by atoms with Gasteiger partial charge in [0.05, 0.1) is 0 Å². The fourth-order valence-corrected chi connectivity index (χ4v) is 2.95. The molecule has 1 saturated heterocycles. The van der Waals surface area contributed by atoms with Gasteiger partial charge in [0.25, 0.3) is 0 Å². The summed E-state index contributed by atoms with van der Waals surface area (Å²) in [5, 5.41) is 4.26. The van der Waals surface area contributed by atoms with Gasteiger partial charge in [-0.15, -0.1) is 0 Å². The Kier molecular flexibility index (Phi) is 6.15. The van der Waals surface area contributed by atoms with Crippen molar-refractivity contribution < 1.29 is 0 Å². The van der Waals surface area contributed by atoms with Crippen LogP contribution in [-0.4, -0.2) is 31.1 Å². The van der Waals surface area contributed by atoms with Gasteiger partial charge >= 0.3 is 0 Å². The molecule has 1 aromatic carbocycles. The largest absolute Gasteiger partial charge is 0.314 e. The zero-order valence-electron chi connectivity index (χ0n) is 11.9. The molecule has 106 valence electrons. The first-order chi connectivity index (χ1) is 9.31. The molecular weight excluding hydrogens is 256 g/mol. The van der Waals surface area contributed by atoms with Gasteiger partial charge in [0.15, 0.2) is 0 Å². The Morgan fingerprint density at radius 2 is 1.84 bits per heavy atom. The summed E-state index contributed by atoms with van der Waals surface area (Å²) in [5.41, 5.74) is 1.42. The second-order valence-electron chi connectivity index (χ2n) is 5.35. The Morgan fingerprint density at radius 1 is 1.16 bits per heavy atom. The first kappa shape index (κ1) is 14.8. The molecule has 2 nitrogen and oxygen atoms in total. The molecule has 0 amide bonds. The molecule has 0 radical (unpaired) electrons. The van der Waals surface area contributed by atoms with E-state index in [4.69, 9.17) is 11.6 Å². The zero-order valence-corrected chi connectivity index (χ0v) is 12.6. The Labute approximate surface area is 122 Å². The average Bonchev–Trinajstić information content (AvgIpc) is 2.46.